The molecule has 2 heterocycles. The first kappa shape index (κ1) is 12.6. The highest BCUT2D eigenvalue weighted by atomic mass is 32.2. The molecule has 0 aliphatic heterocycles. The Bertz CT molecular complexity index is 567. The smallest absolute Gasteiger partial charge is 0.180 e. The number of hydrogen-bond acceptors (Lipinski definition) is 5. The Hall–Kier alpha value is -1.43. The van der Waals surface area contributed by atoms with E-state index in [4.69, 9.17) is 0 Å². The summed E-state index contributed by atoms with van der Waals surface area (Å²) in [5.41, 5.74) is 0.895. The molecule has 1 aliphatic rings. The van der Waals surface area contributed by atoms with Crippen LogP contribution in [0.4, 0.5) is 11.6 Å². The summed E-state index contributed by atoms with van der Waals surface area (Å²) in [4.78, 5) is 8.97. The molecule has 0 spiro atoms. The number of hydrogen-bond donors (Lipinski definition) is 2. The maximum absolute atomic E-state index is 4.59. The van der Waals surface area contributed by atoms with Gasteiger partial charge < -0.3 is 15.0 Å². The van der Waals surface area contributed by atoms with Crippen molar-refractivity contribution in [3.63, 3.8) is 0 Å². The van der Waals surface area contributed by atoms with E-state index in [0.29, 0.717) is 6.04 Å². The Morgan fingerprint density at radius 2 is 2.32 bits per heavy atom. The summed E-state index contributed by atoms with van der Waals surface area (Å²) in [5, 5.41) is 7.43. The van der Waals surface area contributed by atoms with Crippen LogP contribution >= 0.6 is 11.8 Å². The Morgan fingerprint density at radius 3 is 3.05 bits per heavy atom. The first-order valence-electron chi connectivity index (χ1n) is 6.61. The van der Waals surface area contributed by atoms with Gasteiger partial charge >= 0.3 is 0 Å². The van der Waals surface area contributed by atoms with Gasteiger partial charge in [-0.2, -0.15) is 11.8 Å². The van der Waals surface area contributed by atoms with Crippen LogP contribution in [0.15, 0.2) is 18.6 Å². The number of imidazole rings is 1. The van der Waals surface area contributed by atoms with E-state index >= 15 is 0 Å². The Morgan fingerprint density at radius 1 is 1.42 bits per heavy atom. The van der Waals surface area contributed by atoms with Gasteiger partial charge in [0.2, 0.25) is 0 Å². The van der Waals surface area contributed by atoms with Crippen molar-refractivity contribution in [2.45, 2.75) is 30.6 Å². The van der Waals surface area contributed by atoms with Gasteiger partial charge in [0.15, 0.2) is 11.5 Å². The van der Waals surface area contributed by atoms with Gasteiger partial charge in [0.25, 0.3) is 0 Å². The highest BCUT2D eigenvalue weighted by molar-refractivity contribution is 7.99. The Labute approximate surface area is 117 Å². The summed E-state index contributed by atoms with van der Waals surface area (Å²) >= 11 is 1.97. The molecule has 0 bridgehead atoms. The molecular formula is C13H19N5S. The number of nitrogens with one attached hydrogen (secondary N) is 2. The van der Waals surface area contributed by atoms with Gasteiger partial charge in [-0.05, 0) is 25.5 Å². The van der Waals surface area contributed by atoms with Crippen molar-refractivity contribution >= 4 is 29.0 Å². The molecule has 1 aliphatic carbocycles. The second kappa shape index (κ2) is 5.28. The molecule has 0 saturated heterocycles. The van der Waals surface area contributed by atoms with Gasteiger partial charge in [-0.25, -0.2) is 9.97 Å². The van der Waals surface area contributed by atoms with E-state index in [0.717, 1.165) is 22.5 Å². The third-order valence-electron chi connectivity index (χ3n) is 3.69. The van der Waals surface area contributed by atoms with Gasteiger partial charge in [0.1, 0.15) is 5.82 Å². The quantitative estimate of drug-likeness (QED) is 0.899. The Kier molecular flexibility index (Phi) is 3.50. The van der Waals surface area contributed by atoms with Gasteiger partial charge in [-0.3, -0.25) is 0 Å². The molecule has 0 aromatic carbocycles. The topological polar surface area (TPSA) is 54.2 Å². The minimum Gasteiger partial charge on any atom is -0.372 e. The van der Waals surface area contributed by atoms with E-state index in [-0.39, 0.29) is 0 Å². The molecule has 1 saturated carbocycles. The van der Waals surface area contributed by atoms with Gasteiger partial charge in [-0.1, -0.05) is 0 Å². The monoisotopic (exact) mass is 277 g/mol. The number of thioether (sulfide) groups is 1. The number of nitrogens with zero attached hydrogens (tertiary/aromatic N) is 3. The number of rotatable bonds is 4. The lowest BCUT2D eigenvalue weighted by molar-refractivity contribution is 0.752. The van der Waals surface area contributed by atoms with Crippen LogP contribution in [0.25, 0.3) is 5.65 Å². The maximum atomic E-state index is 4.59. The fourth-order valence-corrected chi connectivity index (χ4v) is 3.42. The second-order valence-corrected chi connectivity index (χ2v) is 6.03. The summed E-state index contributed by atoms with van der Waals surface area (Å²) in [7, 11) is 1.88. The van der Waals surface area contributed by atoms with Crippen molar-refractivity contribution in [1.29, 1.82) is 0 Å². The predicted octanol–water partition coefficient (Wildman–Crippen LogP) is 2.47. The van der Waals surface area contributed by atoms with Crippen LogP contribution in [0.2, 0.25) is 0 Å². The summed E-state index contributed by atoms with van der Waals surface area (Å²) in [6.45, 7) is 0. The predicted molar refractivity (Wildman–Crippen MR) is 81.1 cm³/mol. The zero-order chi connectivity index (χ0) is 13.2. The fourth-order valence-electron chi connectivity index (χ4n) is 2.63. The van der Waals surface area contributed by atoms with Crippen molar-refractivity contribution in [2.75, 3.05) is 23.9 Å². The van der Waals surface area contributed by atoms with Crippen LogP contribution in [0.1, 0.15) is 19.3 Å². The van der Waals surface area contributed by atoms with Crippen LogP contribution in [-0.4, -0.2) is 39.0 Å². The number of anilines is 2. The maximum Gasteiger partial charge on any atom is 0.180 e. The molecule has 3 rings (SSSR count). The zero-order valence-electron chi connectivity index (χ0n) is 11.3. The second-order valence-electron chi connectivity index (χ2n) is 4.89. The van der Waals surface area contributed by atoms with E-state index in [1.54, 1.807) is 6.20 Å². The van der Waals surface area contributed by atoms with E-state index in [9.17, 15) is 0 Å². The van der Waals surface area contributed by atoms with Crippen LogP contribution in [0.5, 0.6) is 0 Å². The lowest BCUT2D eigenvalue weighted by Gasteiger charge is -2.15. The first-order valence-corrected chi connectivity index (χ1v) is 7.89. The normalized spacial score (nSPS) is 22.8. The summed E-state index contributed by atoms with van der Waals surface area (Å²) in [5.74, 6) is 1.73. The third kappa shape index (κ3) is 2.49. The molecular weight excluding hydrogens is 258 g/mol. The molecule has 5 nitrogen and oxygen atoms in total. The molecule has 2 N–H and O–H groups in total. The van der Waals surface area contributed by atoms with E-state index < -0.39 is 0 Å². The molecule has 0 radical (unpaired) electrons. The fraction of sp³-hybridized carbons (Fsp3) is 0.538. The third-order valence-corrected chi connectivity index (χ3v) is 4.78. The molecule has 2 unspecified atom stereocenters. The molecule has 102 valence electrons. The van der Waals surface area contributed by atoms with Crippen LogP contribution in [0.3, 0.4) is 0 Å². The first-order chi connectivity index (χ1) is 9.30. The number of fused-ring (bicyclic) bond motifs is 1. The van der Waals surface area contributed by atoms with Crippen molar-refractivity contribution in [2.24, 2.45) is 0 Å². The van der Waals surface area contributed by atoms with Crippen molar-refractivity contribution in [3.05, 3.63) is 18.6 Å². The van der Waals surface area contributed by atoms with Crippen LogP contribution in [-0.2, 0) is 0 Å². The summed E-state index contributed by atoms with van der Waals surface area (Å²) in [6, 6.07) is 0.512. The molecule has 1 fully saturated rings. The molecule has 0 amide bonds. The molecule has 2 atom stereocenters. The van der Waals surface area contributed by atoms with Crippen molar-refractivity contribution < 1.29 is 0 Å². The van der Waals surface area contributed by atoms with Gasteiger partial charge in [0.05, 0.1) is 6.20 Å². The largest absolute Gasteiger partial charge is 0.372 e. The lowest BCUT2D eigenvalue weighted by atomic mass is 10.2. The zero-order valence-corrected chi connectivity index (χ0v) is 12.1. The van der Waals surface area contributed by atoms with E-state index in [1.807, 2.05) is 35.6 Å². The van der Waals surface area contributed by atoms with E-state index in [1.165, 1.54) is 19.3 Å². The standard InChI is InChI=1S/C13H19N5S/c1-14-11-8-18-6-5-15-13(18)12(17-11)16-9-3-4-10(7-9)19-2/h5-6,8-10,14H,3-4,7H2,1-2H3,(H,16,17). The van der Waals surface area contributed by atoms with Gasteiger partial charge in [-0.15, -0.1) is 0 Å². The minimum absolute atomic E-state index is 0.512. The highest BCUT2D eigenvalue weighted by Crippen LogP contribution is 2.30. The highest BCUT2D eigenvalue weighted by Gasteiger charge is 2.24. The van der Waals surface area contributed by atoms with E-state index in [2.05, 4.69) is 26.9 Å². The van der Waals surface area contributed by atoms with Crippen LogP contribution in [0, 0.1) is 0 Å². The molecule has 2 aromatic heterocycles. The summed E-state index contributed by atoms with van der Waals surface area (Å²) < 4.78 is 2.00. The van der Waals surface area contributed by atoms with Gasteiger partial charge in [0, 0.05) is 30.7 Å². The average Bonchev–Trinajstić information content (AvgIpc) is 3.06. The molecule has 6 heteroatoms. The SMILES string of the molecule is CNc1cn2ccnc2c(NC2CCC(SC)C2)n1. The average molecular weight is 277 g/mol. The Balaban J connectivity index is 1.85. The minimum atomic E-state index is 0.512. The van der Waals surface area contributed by atoms with Crippen LogP contribution < -0.4 is 10.6 Å². The molecule has 2 aromatic rings. The van der Waals surface area contributed by atoms with Crippen molar-refractivity contribution in [1.82, 2.24) is 14.4 Å². The number of aromatic nitrogens is 3. The molecule has 19 heavy (non-hydrogen) atoms. The summed E-state index contributed by atoms with van der Waals surface area (Å²) in [6.07, 6.45) is 11.6. The lowest BCUT2D eigenvalue weighted by Crippen LogP contribution is -2.18. The van der Waals surface area contributed by atoms with Crippen molar-refractivity contribution in [3.8, 4) is 0 Å².